The van der Waals surface area contributed by atoms with Gasteiger partial charge < -0.3 is 4.90 Å². The molecule has 2 fully saturated rings. The first-order valence-electron chi connectivity index (χ1n) is 8.81. The van der Waals surface area contributed by atoms with E-state index >= 15 is 0 Å². The summed E-state index contributed by atoms with van der Waals surface area (Å²) in [5.41, 5.74) is 1.95. The molecule has 2 aliphatic heterocycles. The Morgan fingerprint density at radius 2 is 1.88 bits per heavy atom. The Kier molecular flexibility index (Phi) is 3.41. The Hall–Kier alpha value is -2.54. The summed E-state index contributed by atoms with van der Waals surface area (Å²) in [6.07, 6.45) is 3.71. The minimum Gasteiger partial charge on any atom is -0.356 e. The van der Waals surface area contributed by atoms with Gasteiger partial charge in [0.15, 0.2) is 11.5 Å². The number of pyridine rings is 1. The van der Waals surface area contributed by atoms with Crippen LogP contribution in [0.15, 0.2) is 36.8 Å². The minimum absolute atomic E-state index is 0.703. The fraction of sp³-hybridized carbons (Fsp3) is 0.444. The van der Waals surface area contributed by atoms with Gasteiger partial charge in [0.1, 0.15) is 12.1 Å². The molecule has 2 aliphatic rings. The van der Waals surface area contributed by atoms with Crippen molar-refractivity contribution in [1.82, 2.24) is 29.5 Å². The van der Waals surface area contributed by atoms with E-state index in [4.69, 9.17) is 0 Å². The van der Waals surface area contributed by atoms with E-state index in [1.54, 1.807) is 6.33 Å². The number of likely N-dealkylation sites (tertiary alicyclic amines) is 1. The van der Waals surface area contributed by atoms with Gasteiger partial charge in [-0.05, 0) is 30.9 Å². The van der Waals surface area contributed by atoms with Crippen molar-refractivity contribution in [3.8, 4) is 0 Å². The Labute approximate surface area is 146 Å². The summed E-state index contributed by atoms with van der Waals surface area (Å²) in [5.74, 6) is 3.50. The van der Waals surface area contributed by atoms with Gasteiger partial charge in [-0.3, -0.25) is 9.30 Å². The van der Waals surface area contributed by atoms with E-state index in [1.165, 1.54) is 0 Å². The summed E-state index contributed by atoms with van der Waals surface area (Å²) in [5, 5.41) is 8.63. The number of hydrogen-bond donors (Lipinski definition) is 0. The quantitative estimate of drug-likeness (QED) is 0.721. The predicted octanol–water partition coefficient (Wildman–Crippen LogP) is 1.40. The van der Waals surface area contributed by atoms with Gasteiger partial charge >= 0.3 is 0 Å². The van der Waals surface area contributed by atoms with Crippen LogP contribution in [-0.2, 0) is 6.54 Å². The average Bonchev–Trinajstić information content (AvgIpc) is 3.29. The molecule has 0 saturated carbocycles. The summed E-state index contributed by atoms with van der Waals surface area (Å²) in [6.45, 7) is 7.29. The van der Waals surface area contributed by atoms with Crippen LogP contribution in [0.25, 0.3) is 5.65 Å². The molecule has 2 atom stereocenters. The van der Waals surface area contributed by atoms with E-state index in [0.717, 1.165) is 55.7 Å². The van der Waals surface area contributed by atoms with Crippen LogP contribution in [0.4, 0.5) is 5.82 Å². The summed E-state index contributed by atoms with van der Waals surface area (Å²) >= 11 is 0. The van der Waals surface area contributed by atoms with Crippen molar-refractivity contribution in [2.45, 2.75) is 13.5 Å². The molecule has 3 aromatic rings. The lowest BCUT2D eigenvalue weighted by Crippen LogP contribution is -2.29. The van der Waals surface area contributed by atoms with Crippen molar-refractivity contribution >= 4 is 11.5 Å². The molecule has 5 rings (SSSR count). The molecular formula is C18H21N7. The summed E-state index contributed by atoms with van der Waals surface area (Å²) in [6, 6.07) is 8.11. The molecule has 0 bridgehead atoms. The highest BCUT2D eigenvalue weighted by Gasteiger charge is 2.40. The van der Waals surface area contributed by atoms with Gasteiger partial charge in [0, 0.05) is 44.1 Å². The maximum atomic E-state index is 4.44. The molecule has 7 nitrogen and oxygen atoms in total. The van der Waals surface area contributed by atoms with E-state index in [1.807, 2.05) is 31.3 Å². The third-order valence-electron chi connectivity index (χ3n) is 5.42. The van der Waals surface area contributed by atoms with Gasteiger partial charge in [-0.1, -0.05) is 6.07 Å². The molecule has 0 aromatic carbocycles. The highest BCUT2D eigenvalue weighted by atomic mass is 15.3. The Balaban J connectivity index is 1.26. The third kappa shape index (κ3) is 2.64. The van der Waals surface area contributed by atoms with Gasteiger partial charge in [-0.2, -0.15) is 0 Å². The first kappa shape index (κ1) is 14.8. The Morgan fingerprint density at radius 1 is 1.04 bits per heavy atom. The van der Waals surface area contributed by atoms with Crippen LogP contribution >= 0.6 is 0 Å². The molecule has 128 valence electrons. The average molecular weight is 335 g/mol. The molecule has 3 aromatic heterocycles. The lowest BCUT2D eigenvalue weighted by Gasteiger charge is -2.21. The third-order valence-corrected chi connectivity index (χ3v) is 5.42. The second kappa shape index (κ2) is 5.77. The van der Waals surface area contributed by atoms with Crippen LogP contribution in [-0.4, -0.2) is 55.6 Å². The molecule has 0 aliphatic carbocycles. The monoisotopic (exact) mass is 335 g/mol. The van der Waals surface area contributed by atoms with Gasteiger partial charge in [0.05, 0.1) is 6.54 Å². The zero-order chi connectivity index (χ0) is 16.8. The maximum absolute atomic E-state index is 4.44. The molecule has 0 spiro atoms. The number of aromatic nitrogens is 5. The minimum atomic E-state index is 0.703. The van der Waals surface area contributed by atoms with Crippen LogP contribution < -0.4 is 4.90 Å². The fourth-order valence-corrected chi connectivity index (χ4v) is 4.22. The van der Waals surface area contributed by atoms with Crippen molar-refractivity contribution in [1.29, 1.82) is 0 Å². The highest BCUT2D eigenvalue weighted by molar-refractivity contribution is 5.41. The Morgan fingerprint density at radius 3 is 2.68 bits per heavy atom. The van der Waals surface area contributed by atoms with Gasteiger partial charge in [0.25, 0.3) is 0 Å². The fourth-order valence-electron chi connectivity index (χ4n) is 4.22. The van der Waals surface area contributed by atoms with Crippen molar-refractivity contribution in [2.75, 3.05) is 31.1 Å². The summed E-state index contributed by atoms with van der Waals surface area (Å²) in [4.78, 5) is 13.6. The SMILES string of the molecule is Cc1cc(N2CC3CN(Cc4nnc5ccccn45)CC3C2)ncn1. The first-order chi connectivity index (χ1) is 12.3. The molecule has 0 amide bonds. The smallest absolute Gasteiger partial charge is 0.160 e. The molecule has 7 heteroatoms. The standard InChI is InChI=1S/C18H21N7/c1-13-6-17(20-12-19-13)24-9-14-7-23(8-15(14)10-24)11-18-22-21-16-4-2-3-5-25(16)18/h2-6,12,14-15H,7-11H2,1H3. The van der Waals surface area contributed by atoms with E-state index in [9.17, 15) is 0 Å². The normalized spacial score (nSPS) is 23.5. The lowest BCUT2D eigenvalue weighted by molar-refractivity contribution is 0.300. The van der Waals surface area contributed by atoms with Gasteiger partial charge in [-0.25, -0.2) is 9.97 Å². The van der Waals surface area contributed by atoms with Crippen LogP contribution in [0.1, 0.15) is 11.5 Å². The van der Waals surface area contributed by atoms with Crippen molar-refractivity contribution in [2.24, 2.45) is 11.8 Å². The number of nitrogens with zero attached hydrogens (tertiary/aromatic N) is 7. The van der Waals surface area contributed by atoms with E-state index in [2.05, 4.69) is 40.4 Å². The molecule has 5 heterocycles. The number of anilines is 1. The van der Waals surface area contributed by atoms with Crippen molar-refractivity contribution in [3.63, 3.8) is 0 Å². The van der Waals surface area contributed by atoms with Crippen LogP contribution in [0.3, 0.4) is 0 Å². The molecule has 0 N–H and O–H groups in total. The summed E-state index contributed by atoms with van der Waals surface area (Å²) < 4.78 is 2.09. The number of hydrogen-bond acceptors (Lipinski definition) is 6. The Bertz CT molecular complexity index is 891. The molecule has 2 unspecified atom stereocenters. The number of rotatable bonds is 3. The molecule has 2 saturated heterocycles. The number of aryl methyl sites for hydroxylation is 1. The van der Waals surface area contributed by atoms with Crippen LogP contribution in [0.5, 0.6) is 0 Å². The second-order valence-electron chi connectivity index (χ2n) is 7.18. The van der Waals surface area contributed by atoms with Gasteiger partial charge in [-0.15, -0.1) is 10.2 Å². The number of fused-ring (bicyclic) bond motifs is 2. The van der Waals surface area contributed by atoms with Crippen molar-refractivity contribution in [3.05, 3.63) is 48.3 Å². The van der Waals surface area contributed by atoms with Crippen LogP contribution in [0, 0.1) is 18.8 Å². The highest BCUT2D eigenvalue weighted by Crippen LogP contribution is 2.33. The van der Waals surface area contributed by atoms with Crippen molar-refractivity contribution < 1.29 is 0 Å². The first-order valence-corrected chi connectivity index (χ1v) is 8.81. The predicted molar refractivity (Wildman–Crippen MR) is 94.2 cm³/mol. The lowest BCUT2D eigenvalue weighted by atomic mass is 10.0. The topological polar surface area (TPSA) is 62.5 Å². The summed E-state index contributed by atoms with van der Waals surface area (Å²) in [7, 11) is 0. The zero-order valence-corrected chi connectivity index (χ0v) is 14.3. The van der Waals surface area contributed by atoms with Gasteiger partial charge in [0.2, 0.25) is 0 Å². The maximum Gasteiger partial charge on any atom is 0.160 e. The van der Waals surface area contributed by atoms with Crippen LogP contribution in [0.2, 0.25) is 0 Å². The molecule has 25 heavy (non-hydrogen) atoms. The zero-order valence-electron chi connectivity index (χ0n) is 14.3. The second-order valence-corrected chi connectivity index (χ2v) is 7.18. The van der Waals surface area contributed by atoms with E-state index in [-0.39, 0.29) is 0 Å². The largest absolute Gasteiger partial charge is 0.356 e. The van der Waals surface area contributed by atoms with E-state index < -0.39 is 0 Å². The molecule has 0 radical (unpaired) electrons. The molecular weight excluding hydrogens is 314 g/mol. The van der Waals surface area contributed by atoms with E-state index in [0.29, 0.717) is 11.8 Å².